The number of quaternary nitrogens is 1. The molecule has 118 valence electrons. The number of allylic oxidation sites excluding steroid dienone is 2. The first-order valence-corrected chi connectivity index (χ1v) is 9.33. The van der Waals surface area contributed by atoms with Crippen molar-refractivity contribution in [1.82, 2.24) is 0 Å². The molecule has 0 aromatic heterocycles. The van der Waals surface area contributed by atoms with Crippen LogP contribution in [0.15, 0.2) is 24.0 Å². The van der Waals surface area contributed by atoms with Crippen molar-refractivity contribution in [3.8, 4) is 0 Å². The van der Waals surface area contributed by atoms with E-state index in [2.05, 4.69) is 32.3 Å². The summed E-state index contributed by atoms with van der Waals surface area (Å²) in [5.41, 5.74) is 1.50. The molecule has 1 heterocycles. The molecule has 20 heavy (non-hydrogen) atoms. The molecule has 0 bridgehead atoms. The Balaban J connectivity index is 0.000000621. The first kappa shape index (κ1) is 19.4. The van der Waals surface area contributed by atoms with Crippen LogP contribution >= 0.6 is 0 Å². The summed E-state index contributed by atoms with van der Waals surface area (Å²) in [5.74, 6) is 0. The molecule has 4 nitrogen and oxygen atoms in total. The quantitative estimate of drug-likeness (QED) is 0.552. The zero-order valence-corrected chi connectivity index (χ0v) is 13.8. The molecule has 1 atom stereocenters. The van der Waals surface area contributed by atoms with E-state index in [4.69, 9.17) is 13.0 Å². The van der Waals surface area contributed by atoms with Gasteiger partial charge in [0, 0.05) is 17.9 Å². The second kappa shape index (κ2) is 11.1. The van der Waals surface area contributed by atoms with Crippen molar-refractivity contribution in [3.05, 3.63) is 24.0 Å². The van der Waals surface area contributed by atoms with Crippen molar-refractivity contribution >= 4 is 10.1 Å². The van der Waals surface area contributed by atoms with Crippen molar-refractivity contribution in [2.45, 2.75) is 58.8 Å². The largest absolute Gasteiger partial charge is 0.748 e. The lowest BCUT2D eigenvalue weighted by atomic mass is 10.1. The Labute approximate surface area is 124 Å². The van der Waals surface area contributed by atoms with Crippen molar-refractivity contribution < 1.29 is 17.9 Å². The second-order valence-electron chi connectivity index (χ2n) is 5.20. The summed E-state index contributed by atoms with van der Waals surface area (Å²) in [6.07, 6.45) is 17.1. The maximum absolute atomic E-state index is 9.08. The highest BCUT2D eigenvalue weighted by molar-refractivity contribution is 7.84. The summed E-state index contributed by atoms with van der Waals surface area (Å²) in [6, 6.07) is 0. The smallest absolute Gasteiger partial charge is 0.102 e. The van der Waals surface area contributed by atoms with Gasteiger partial charge in [-0.1, -0.05) is 39.5 Å². The van der Waals surface area contributed by atoms with E-state index >= 15 is 0 Å². The van der Waals surface area contributed by atoms with Crippen LogP contribution in [-0.2, 0) is 10.1 Å². The highest BCUT2D eigenvalue weighted by Crippen LogP contribution is 2.05. The van der Waals surface area contributed by atoms with Crippen LogP contribution in [0.1, 0.15) is 58.8 Å². The Kier molecular flexibility index (Phi) is 10.7. The summed E-state index contributed by atoms with van der Waals surface area (Å²) < 4.78 is 27.2. The standard InChI is InChI=1S/C14H25N.CH4O3S/c1-3-5-6-7-8-9-11-15-12-10-14(4-2)13-15;1-5(2,3)4/h10,12-13H,3-9,11H2,1-2H3;1H3,(H,2,3,4). The highest BCUT2D eigenvalue weighted by atomic mass is 32.2. The van der Waals surface area contributed by atoms with Crippen LogP contribution in [0, 0.1) is 0 Å². The molecule has 0 fully saturated rings. The molecule has 1 rings (SSSR count). The SMILES string of the molecule is CCCCCCCC[NH+]1C=CC(CC)=C1.CS(=O)(=O)[O-]. The van der Waals surface area contributed by atoms with E-state index in [0.29, 0.717) is 6.26 Å². The van der Waals surface area contributed by atoms with E-state index in [0.717, 1.165) is 0 Å². The zero-order chi connectivity index (χ0) is 15.4. The van der Waals surface area contributed by atoms with Gasteiger partial charge in [0.1, 0.15) is 6.20 Å². The molecule has 1 aliphatic rings. The van der Waals surface area contributed by atoms with Gasteiger partial charge in [-0.15, -0.1) is 0 Å². The minimum atomic E-state index is -3.92. The minimum Gasteiger partial charge on any atom is -0.748 e. The fourth-order valence-corrected chi connectivity index (χ4v) is 2.03. The molecular weight excluding hydrogens is 274 g/mol. The fraction of sp³-hybridized carbons (Fsp3) is 0.733. The van der Waals surface area contributed by atoms with Gasteiger partial charge in [-0.2, -0.15) is 0 Å². The van der Waals surface area contributed by atoms with E-state index in [1.807, 2.05) is 0 Å². The van der Waals surface area contributed by atoms with Gasteiger partial charge in [0.15, 0.2) is 0 Å². The van der Waals surface area contributed by atoms with Gasteiger partial charge in [0.05, 0.1) is 22.9 Å². The average molecular weight is 303 g/mol. The lowest BCUT2D eigenvalue weighted by Gasteiger charge is -2.06. The van der Waals surface area contributed by atoms with E-state index < -0.39 is 10.1 Å². The van der Waals surface area contributed by atoms with Crippen LogP contribution in [0.3, 0.4) is 0 Å². The van der Waals surface area contributed by atoms with E-state index in [9.17, 15) is 0 Å². The minimum absolute atomic E-state index is 0.604. The third kappa shape index (κ3) is 13.8. The number of rotatable bonds is 8. The molecule has 0 aromatic rings. The van der Waals surface area contributed by atoms with Crippen molar-refractivity contribution in [1.29, 1.82) is 0 Å². The molecule has 1 unspecified atom stereocenters. The predicted octanol–water partition coefficient (Wildman–Crippen LogP) is 2.21. The second-order valence-corrected chi connectivity index (χ2v) is 6.61. The van der Waals surface area contributed by atoms with Crippen LogP contribution < -0.4 is 4.90 Å². The summed E-state index contributed by atoms with van der Waals surface area (Å²) in [6.45, 7) is 5.78. The monoisotopic (exact) mass is 303 g/mol. The molecule has 1 aliphatic heterocycles. The van der Waals surface area contributed by atoms with E-state index in [1.54, 1.807) is 4.90 Å². The molecule has 0 amide bonds. The van der Waals surface area contributed by atoms with Crippen LogP contribution in [0.5, 0.6) is 0 Å². The van der Waals surface area contributed by atoms with Gasteiger partial charge < -0.3 is 4.55 Å². The summed E-state index contributed by atoms with van der Waals surface area (Å²) in [7, 11) is -3.92. The maximum atomic E-state index is 9.08. The molecule has 0 aliphatic carbocycles. The first-order valence-electron chi connectivity index (χ1n) is 7.52. The van der Waals surface area contributed by atoms with Crippen molar-refractivity contribution in [2.24, 2.45) is 0 Å². The van der Waals surface area contributed by atoms with Crippen molar-refractivity contribution in [3.63, 3.8) is 0 Å². The normalized spacial score (nSPS) is 17.6. The Bertz CT molecular complexity index is 391. The number of hydrogen-bond donors (Lipinski definition) is 1. The molecule has 0 saturated carbocycles. The molecule has 0 saturated heterocycles. The molecule has 0 aromatic carbocycles. The Morgan fingerprint density at radius 1 is 1.10 bits per heavy atom. The summed E-state index contributed by atoms with van der Waals surface area (Å²) in [4.78, 5) is 1.54. The van der Waals surface area contributed by atoms with Gasteiger partial charge >= 0.3 is 0 Å². The third-order valence-electron chi connectivity index (χ3n) is 3.11. The molecule has 1 N–H and O–H groups in total. The zero-order valence-electron chi connectivity index (χ0n) is 13.0. The van der Waals surface area contributed by atoms with E-state index in [-0.39, 0.29) is 0 Å². The van der Waals surface area contributed by atoms with Crippen LogP contribution in [0.25, 0.3) is 0 Å². The van der Waals surface area contributed by atoms with Gasteiger partial charge in [0.2, 0.25) is 0 Å². The van der Waals surface area contributed by atoms with E-state index in [1.165, 1.54) is 57.1 Å². The van der Waals surface area contributed by atoms with Gasteiger partial charge in [-0.3, -0.25) is 4.90 Å². The fourth-order valence-electron chi connectivity index (χ4n) is 2.03. The molecule has 0 spiro atoms. The third-order valence-corrected chi connectivity index (χ3v) is 3.11. The lowest BCUT2D eigenvalue weighted by molar-refractivity contribution is -0.788. The van der Waals surface area contributed by atoms with Gasteiger partial charge in [0.25, 0.3) is 0 Å². The Morgan fingerprint density at radius 3 is 2.15 bits per heavy atom. The highest BCUT2D eigenvalue weighted by Gasteiger charge is 2.08. The number of nitrogens with one attached hydrogen (secondary N) is 1. The average Bonchev–Trinajstić information content (AvgIpc) is 2.79. The molecular formula is C15H29NO3S. The lowest BCUT2D eigenvalue weighted by Crippen LogP contribution is -3.01. The van der Waals surface area contributed by atoms with Gasteiger partial charge in [-0.25, -0.2) is 8.42 Å². The number of unbranched alkanes of at least 4 members (excludes halogenated alkanes) is 5. The molecule has 5 heteroatoms. The Hall–Kier alpha value is -0.650. The summed E-state index contributed by atoms with van der Waals surface area (Å²) >= 11 is 0. The van der Waals surface area contributed by atoms with Crippen LogP contribution in [-0.4, -0.2) is 25.8 Å². The summed E-state index contributed by atoms with van der Waals surface area (Å²) in [5, 5.41) is 0. The predicted molar refractivity (Wildman–Crippen MR) is 82.3 cm³/mol. The molecule has 0 radical (unpaired) electrons. The number of hydrogen-bond acceptors (Lipinski definition) is 3. The topological polar surface area (TPSA) is 61.6 Å². The Morgan fingerprint density at radius 2 is 1.65 bits per heavy atom. The van der Waals surface area contributed by atoms with Crippen LogP contribution in [0.2, 0.25) is 0 Å². The maximum Gasteiger partial charge on any atom is 0.102 e. The first-order chi connectivity index (χ1) is 9.36. The van der Waals surface area contributed by atoms with Crippen molar-refractivity contribution in [2.75, 3.05) is 12.8 Å². The van der Waals surface area contributed by atoms with Gasteiger partial charge in [-0.05, 0) is 19.3 Å². The van der Waals surface area contributed by atoms with Crippen LogP contribution in [0.4, 0.5) is 0 Å².